The fourth-order valence-corrected chi connectivity index (χ4v) is 2.34. The van der Waals surface area contributed by atoms with E-state index in [0.29, 0.717) is 17.4 Å². The van der Waals surface area contributed by atoms with Crippen LogP contribution in [0.5, 0.6) is 11.5 Å². The average molecular weight is 307 g/mol. The summed E-state index contributed by atoms with van der Waals surface area (Å²) in [5.74, 6) is 1.42. The van der Waals surface area contributed by atoms with Crippen LogP contribution in [0.1, 0.15) is 18.9 Å². The van der Waals surface area contributed by atoms with Crippen molar-refractivity contribution in [1.82, 2.24) is 0 Å². The van der Waals surface area contributed by atoms with Crippen LogP contribution < -0.4 is 9.47 Å². The van der Waals surface area contributed by atoms with E-state index in [9.17, 15) is 5.11 Å². The highest BCUT2D eigenvalue weighted by Gasteiger charge is 2.09. The van der Waals surface area contributed by atoms with E-state index in [0.717, 1.165) is 28.9 Å². The van der Waals surface area contributed by atoms with Gasteiger partial charge in [0, 0.05) is 11.1 Å². The van der Waals surface area contributed by atoms with Gasteiger partial charge in [-0.25, -0.2) is 0 Å². The third kappa shape index (κ3) is 3.69. The summed E-state index contributed by atoms with van der Waals surface area (Å²) in [5, 5.41) is 10.00. The van der Waals surface area contributed by atoms with Gasteiger partial charge in [-0.2, -0.15) is 0 Å². The molecule has 2 aromatic rings. The molecule has 0 aliphatic carbocycles. The first-order chi connectivity index (χ1) is 10.2. The number of halogens is 1. The molecule has 0 aliphatic heterocycles. The third-order valence-corrected chi connectivity index (χ3v) is 3.50. The summed E-state index contributed by atoms with van der Waals surface area (Å²) in [5.41, 5.74) is 2.63. The molecule has 1 N–H and O–H groups in total. The third-order valence-electron chi connectivity index (χ3n) is 3.19. The lowest BCUT2D eigenvalue weighted by Crippen LogP contribution is -1.99. The molecular formula is C17H19ClO3. The van der Waals surface area contributed by atoms with Gasteiger partial charge < -0.3 is 14.6 Å². The number of ether oxygens (including phenoxy) is 2. The monoisotopic (exact) mass is 306 g/mol. The Hall–Kier alpha value is -1.71. The van der Waals surface area contributed by atoms with Crippen molar-refractivity contribution in [3.8, 4) is 22.6 Å². The maximum atomic E-state index is 9.38. The molecule has 0 heterocycles. The van der Waals surface area contributed by atoms with Crippen molar-refractivity contribution in [2.75, 3.05) is 13.7 Å². The van der Waals surface area contributed by atoms with Crippen molar-refractivity contribution in [2.45, 2.75) is 20.0 Å². The molecule has 0 saturated carbocycles. The topological polar surface area (TPSA) is 38.7 Å². The Bertz CT molecular complexity index is 611. The minimum Gasteiger partial charge on any atom is -0.497 e. The van der Waals surface area contributed by atoms with Crippen molar-refractivity contribution >= 4 is 11.6 Å². The largest absolute Gasteiger partial charge is 0.497 e. The van der Waals surface area contributed by atoms with Gasteiger partial charge >= 0.3 is 0 Å². The number of aliphatic hydroxyl groups excluding tert-OH is 1. The molecule has 3 nitrogen and oxygen atoms in total. The van der Waals surface area contributed by atoms with E-state index in [1.807, 2.05) is 37.3 Å². The Balaban J connectivity index is 2.39. The average Bonchev–Trinajstić information content (AvgIpc) is 2.52. The Labute approximate surface area is 130 Å². The standard InChI is InChI=1S/C17H19ClO3/c1-3-8-21-17-9-12(4-5-13(17)11-19)15-7-6-14(20-2)10-16(15)18/h4-7,9-10,19H,3,8,11H2,1-2H3. The fraction of sp³-hybridized carbons (Fsp3) is 0.294. The summed E-state index contributed by atoms with van der Waals surface area (Å²) in [6.45, 7) is 2.62. The number of benzene rings is 2. The van der Waals surface area contributed by atoms with Crippen LogP contribution in [0.2, 0.25) is 5.02 Å². The zero-order chi connectivity index (χ0) is 15.2. The van der Waals surface area contributed by atoms with Crippen LogP contribution in [-0.2, 0) is 6.61 Å². The molecule has 0 bridgehead atoms. The minimum atomic E-state index is -0.0460. The normalized spacial score (nSPS) is 10.5. The summed E-state index contributed by atoms with van der Waals surface area (Å²) < 4.78 is 10.9. The van der Waals surface area contributed by atoms with Crippen LogP contribution in [-0.4, -0.2) is 18.8 Å². The van der Waals surface area contributed by atoms with Crippen LogP contribution in [0.3, 0.4) is 0 Å². The number of rotatable bonds is 6. The van der Waals surface area contributed by atoms with E-state index < -0.39 is 0 Å². The summed E-state index contributed by atoms with van der Waals surface area (Å²) in [6.07, 6.45) is 0.915. The summed E-state index contributed by atoms with van der Waals surface area (Å²) in [4.78, 5) is 0. The molecule has 2 rings (SSSR count). The summed E-state index contributed by atoms with van der Waals surface area (Å²) in [6, 6.07) is 11.3. The lowest BCUT2D eigenvalue weighted by atomic mass is 10.0. The maximum Gasteiger partial charge on any atom is 0.125 e. The zero-order valence-electron chi connectivity index (χ0n) is 12.2. The second-order valence-corrected chi connectivity index (χ2v) is 5.08. The molecule has 0 unspecified atom stereocenters. The SMILES string of the molecule is CCCOc1cc(-c2ccc(OC)cc2Cl)ccc1CO. The van der Waals surface area contributed by atoms with Gasteiger partial charge in [0.1, 0.15) is 11.5 Å². The quantitative estimate of drug-likeness (QED) is 0.865. The van der Waals surface area contributed by atoms with Crippen LogP contribution in [0.25, 0.3) is 11.1 Å². The van der Waals surface area contributed by atoms with Crippen molar-refractivity contribution in [1.29, 1.82) is 0 Å². The molecule has 0 atom stereocenters. The van der Waals surface area contributed by atoms with Gasteiger partial charge in [0.25, 0.3) is 0 Å². The molecule has 0 saturated heterocycles. The lowest BCUT2D eigenvalue weighted by molar-refractivity contribution is 0.263. The molecule has 0 fully saturated rings. The molecule has 0 aliphatic rings. The molecule has 0 aromatic heterocycles. The molecule has 21 heavy (non-hydrogen) atoms. The first kappa shape index (κ1) is 15.7. The summed E-state index contributed by atoms with van der Waals surface area (Å²) >= 11 is 6.30. The molecule has 0 amide bonds. The van der Waals surface area contributed by atoms with E-state index in [1.165, 1.54) is 0 Å². The van der Waals surface area contributed by atoms with E-state index >= 15 is 0 Å². The molecular weight excluding hydrogens is 288 g/mol. The molecule has 2 aromatic carbocycles. The first-order valence-corrected chi connectivity index (χ1v) is 7.28. The molecule has 0 radical (unpaired) electrons. The van der Waals surface area contributed by atoms with Crippen LogP contribution in [0.15, 0.2) is 36.4 Å². The minimum absolute atomic E-state index is 0.0460. The molecule has 112 valence electrons. The van der Waals surface area contributed by atoms with Gasteiger partial charge in [-0.3, -0.25) is 0 Å². The van der Waals surface area contributed by atoms with E-state index in [2.05, 4.69) is 0 Å². The molecule has 0 spiro atoms. The van der Waals surface area contributed by atoms with Gasteiger partial charge in [0.2, 0.25) is 0 Å². The maximum absolute atomic E-state index is 9.38. The predicted octanol–water partition coefficient (Wildman–Crippen LogP) is 4.30. The Morgan fingerprint density at radius 1 is 1.14 bits per heavy atom. The highest BCUT2D eigenvalue weighted by molar-refractivity contribution is 6.33. The van der Waals surface area contributed by atoms with Crippen LogP contribution in [0, 0.1) is 0 Å². The molecule has 4 heteroatoms. The first-order valence-electron chi connectivity index (χ1n) is 6.90. The number of aliphatic hydroxyl groups is 1. The smallest absolute Gasteiger partial charge is 0.125 e. The fourth-order valence-electron chi connectivity index (χ4n) is 2.06. The van der Waals surface area contributed by atoms with E-state index in [-0.39, 0.29) is 6.61 Å². The lowest BCUT2D eigenvalue weighted by Gasteiger charge is -2.13. The van der Waals surface area contributed by atoms with E-state index in [4.69, 9.17) is 21.1 Å². The van der Waals surface area contributed by atoms with Gasteiger partial charge in [-0.15, -0.1) is 0 Å². The number of hydrogen-bond acceptors (Lipinski definition) is 3. The van der Waals surface area contributed by atoms with Gasteiger partial charge in [-0.1, -0.05) is 30.7 Å². The van der Waals surface area contributed by atoms with Crippen LogP contribution >= 0.6 is 11.6 Å². The van der Waals surface area contributed by atoms with E-state index in [1.54, 1.807) is 13.2 Å². The predicted molar refractivity (Wildman–Crippen MR) is 85.1 cm³/mol. The van der Waals surface area contributed by atoms with Gasteiger partial charge in [-0.05, 0) is 36.2 Å². The van der Waals surface area contributed by atoms with Gasteiger partial charge in [0.05, 0.1) is 25.3 Å². The Morgan fingerprint density at radius 3 is 2.57 bits per heavy atom. The van der Waals surface area contributed by atoms with Crippen molar-refractivity contribution < 1.29 is 14.6 Å². The number of methoxy groups -OCH3 is 1. The van der Waals surface area contributed by atoms with Gasteiger partial charge in [0.15, 0.2) is 0 Å². The Kier molecular flexibility index (Phi) is 5.48. The number of hydrogen-bond donors (Lipinski definition) is 1. The Morgan fingerprint density at radius 2 is 1.95 bits per heavy atom. The zero-order valence-corrected chi connectivity index (χ0v) is 13.0. The van der Waals surface area contributed by atoms with Crippen molar-refractivity contribution in [3.05, 3.63) is 47.0 Å². The highest BCUT2D eigenvalue weighted by atomic mass is 35.5. The summed E-state index contributed by atoms with van der Waals surface area (Å²) in [7, 11) is 1.61. The second-order valence-electron chi connectivity index (χ2n) is 4.67. The highest BCUT2D eigenvalue weighted by Crippen LogP contribution is 2.34. The van der Waals surface area contributed by atoms with Crippen molar-refractivity contribution in [3.63, 3.8) is 0 Å². The van der Waals surface area contributed by atoms with Crippen LogP contribution in [0.4, 0.5) is 0 Å². The second kappa shape index (κ2) is 7.34. The van der Waals surface area contributed by atoms with Crippen molar-refractivity contribution in [2.24, 2.45) is 0 Å².